The van der Waals surface area contributed by atoms with E-state index in [0.717, 1.165) is 12.8 Å². The van der Waals surface area contributed by atoms with Gasteiger partial charge in [-0.3, -0.25) is 14.4 Å². The Labute approximate surface area is 125 Å². The third-order valence-corrected chi connectivity index (χ3v) is 4.17. The molecule has 0 bridgehead atoms. The molecule has 2 fully saturated rings. The van der Waals surface area contributed by atoms with Crippen molar-refractivity contribution in [2.45, 2.75) is 45.6 Å². The van der Waals surface area contributed by atoms with E-state index in [1.54, 1.807) is 23.6 Å². The highest BCUT2D eigenvalue weighted by molar-refractivity contribution is 5.84. The van der Waals surface area contributed by atoms with Crippen molar-refractivity contribution in [2.75, 3.05) is 26.2 Å². The van der Waals surface area contributed by atoms with Crippen molar-refractivity contribution in [3.8, 4) is 0 Å². The molecule has 1 aliphatic carbocycles. The molecule has 2 aliphatic rings. The first-order valence-electron chi connectivity index (χ1n) is 7.74. The van der Waals surface area contributed by atoms with E-state index in [1.807, 2.05) is 0 Å². The van der Waals surface area contributed by atoms with Gasteiger partial charge >= 0.3 is 5.97 Å². The number of amides is 2. The van der Waals surface area contributed by atoms with Gasteiger partial charge in [0.25, 0.3) is 0 Å². The van der Waals surface area contributed by atoms with Crippen LogP contribution in [0.25, 0.3) is 0 Å². The second-order valence-corrected chi connectivity index (χ2v) is 5.78. The van der Waals surface area contributed by atoms with Crippen LogP contribution in [0.3, 0.4) is 0 Å². The Hall–Kier alpha value is -1.59. The van der Waals surface area contributed by atoms with E-state index >= 15 is 0 Å². The van der Waals surface area contributed by atoms with Gasteiger partial charge in [-0.15, -0.1) is 0 Å². The zero-order chi connectivity index (χ0) is 15.4. The molecule has 2 amide bonds. The van der Waals surface area contributed by atoms with Crippen molar-refractivity contribution >= 4 is 17.8 Å². The summed E-state index contributed by atoms with van der Waals surface area (Å²) in [6, 6.07) is 0.202. The van der Waals surface area contributed by atoms with Crippen LogP contribution in [-0.4, -0.2) is 59.9 Å². The molecule has 1 heterocycles. The highest BCUT2D eigenvalue weighted by Gasteiger charge is 2.38. The van der Waals surface area contributed by atoms with Gasteiger partial charge in [-0.2, -0.15) is 0 Å². The van der Waals surface area contributed by atoms with Crippen LogP contribution in [0.15, 0.2) is 0 Å². The molecule has 0 aromatic rings. The van der Waals surface area contributed by atoms with Crippen molar-refractivity contribution in [2.24, 2.45) is 5.92 Å². The third kappa shape index (κ3) is 4.19. The molecule has 21 heavy (non-hydrogen) atoms. The third-order valence-electron chi connectivity index (χ3n) is 4.17. The van der Waals surface area contributed by atoms with Gasteiger partial charge in [0.05, 0.1) is 6.61 Å². The summed E-state index contributed by atoms with van der Waals surface area (Å²) in [5.41, 5.74) is 0. The molecule has 0 aromatic heterocycles. The normalized spacial score (nSPS) is 19.2. The van der Waals surface area contributed by atoms with E-state index in [0.29, 0.717) is 32.5 Å². The number of ether oxygens (including phenoxy) is 1. The summed E-state index contributed by atoms with van der Waals surface area (Å²) in [7, 11) is 0. The van der Waals surface area contributed by atoms with Crippen molar-refractivity contribution < 1.29 is 19.1 Å². The summed E-state index contributed by atoms with van der Waals surface area (Å²) in [4.78, 5) is 39.0. The number of carbonyl (C=O) groups excluding carboxylic acids is 3. The van der Waals surface area contributed by atoms with Crippen molar-refractivity contribution in [1.82, 2.24) is 9.80 Å². The van der Waals surface area contributed by atoms with E-state index in [4.69, 9.17) is 4.74 Å². The van der Waals surface area contributed by atoms with E-state index in [1.165, 1.54) is 0 Å². The van der Waals surface area contributed by atoms with Crippen molar-refractivity contribution in [3.05, 3.63) is 0 Å². The molecule has 1 saturated carbocycles. The topological polar surface area (TPSA) is 66.9 Å². The van der Waals surface area contributed by atoms with Crippen LogP contribution < -0.4 is 0 Å². The van der Waals surface area contributed by atoms with E-state index in [9.17, 15) is 14.4 Å². The first kappa shape index (κ1) is 15.8. The Balaban J connectivity index is 1.90. The molecule has 0 spiro atoms. The maximum absolute atomic E-state index is 12.6. The molecule has 1 saturated heterocycles. The Kier molecular flexibility index (Phi) is 5.20. The second-order valence-electron chi connectivity index (χ2n) is 5.78. The van der Waals surface area contributed by atoms with Crippen LogP contribution in [0.1, 0.15) is 39.5 Å². The molecule has 2 rings (SSSR count). The first-order chi connectivity index (χ1) is 10.0. The lowest BCUT2D eigenvalue weighted by molar-refractivity contribution is -0.151. The number of esters is 1. The Morgan fingerprint density at radius 2 is 1.76 bits per heavy atom. The van der Waals surface area contributed by atoms with Crippen molar-refractivity contribution in [1.29, 1.82) is 0 Å². The molecule has 0 radical (unpaired) electrons. The zero-order valence-electron chi connectivity index (χ0n) is 12.8. The molecular weight excluding hydrogens is 272 g/mol. The Morgan fingerprint density at radius 3 is 2.24 bits per heavy atom. The average molecular weight is 296 g/mol. The summed E-state index contributed by atoms with van der Waals surface area (Å²) in [5, 5.41) is 0. The molecule has 1 aliphatic heterocycles. The predicted molar refractivity (Wildman–Crippen MR) is 76.3 cm³/mol. The van der Waals surface area contributed by atoms with E-state index < -0.39 is 0 Å². The monoisotopic (exact) mass is 296 g/mol. The number of piperidine rings is 1. The highest BCUT2D eigenvalue weighted by Crippen LogP contribution is 2.30. The van der Waals surface area contributed by atoms with Crippen LogP contribution in [0.2, 0.25) is 0 Å². The molecular formula is C15H24N2O4. The summed E-state index contributed by atoms with van der Waals surface area (Å²) < 4.78 is 4.95. The molecule has 0 unspecified atom stereocenters. The Bertz CT molecular complexity index is 412. The van der Waals surface area contributed by atoms with Crippen LogP contribution >= 0.6 is 0 Å². The summed E-state index contributed by atoms with van der Waals surface area (Å²) in [5.74, 6) is -0.297. The lowest BCUT2D eigenvalue weighted by atomic mass is 9.95. The van der Waals surface area contributed by atoms with E-state index in [2.05, 4.69) is 0 Å². The van der Waals surface area contributed by atoms with Crippen LogP contribution in [0.4, 0.5) is 0 Å². The molecule has 0 aromatic carbocycles. The maximum atomic E-state index is 12.6. The first-order valence-corrected chi connectivity index (χ1v) is 7.74. The second kappa shape index (κ2) is 6.91. The number of hydrogen-bond acceptors (Lipinski definition) is 4. The number of likely N-dealkylation sites (tertiary alicyclic amines) is 1. The summed E-state index contributed by atoms with van der Waals surface area (Å²) in [6.45, 7) is 4.97. The van der Waals surface area contributed by atoms with Gasteiger partial charge in [0.2, 0.25) is 11.8 Å². The number of rotatable bonds is 5. The van der Waals surface area contributed by atoms with Gasteiger partial charge in [0, 0.05) is 32.0 Å². The molecule has 0 atom stereocenters. The van der Waals surface area contributed by atoms with Gasteiger partial charge in [-0.1, -0.05) is 0 Å². The van der Waals surface area contributed by atoms with Crippen LogP contribution in [0, 0.1) is 5.92 Å². The smallest absolute Gasteiger partial charge is 0.325 e. The van der Waals surface area contributed by atoms with Gasteiger partial charge in [-0.05, 0) is 32.6 Å². The molecule has 6 heteroatoms. The quantitative estimate of drug-likeness (QED) is 0.704. The molecule has 6 nitrogen and oxygen atoms in total. The van der Waals surface area contributed by atoms with Crippen LogP contribution in [-0.2, 0) is 19.1 Å². The predicted octanol–water partition coefficient (Wildman–Crippen LogP) is 0.799. The highest BCUT2D eigenvalue weighted by atomic mass is 16.5. The fourth-order valence-electron chi connectivity index (χ4n) is 2.79. The lowest BCUT2D eigenvalue weighted by Gasteiger charge is -2.33. The van der Waals surface area contributed by atoms with Gasteiger partial charge < -0.3 is 14.5 Å². The van der Waals surface area contributed by atoms with Gasteiger partial charge in [0.1, 0.15) is 6.54 Å². The molecule has 0 N–H and O–H groups in total. The van der Waals surface area contributed by atoms with Crippen molar-refractivity contribution in [3.63, 3.8) is 0 Å². The molecule has 118 valence electrons. The SMILES string of the molecule is CCOC(=O)CN(C(=O)C1CCN(C(C)=O)CC1)C1CC1. The summed E-state index contributed by atoms with van der Waals surface area (Å²) in [6.07, 6.45) is 3.31. The fourth-order valence-corrected chi connectivity index (χ4v) is 2.79. The average Bonchev–Trinajstić information content (AvgIpc) is 3.29. The minimum Gasteiger partial charge on any atom is -0.465 e. The lowest BCUT2D eigenvalue weighted by Crippen LogP contribution is -2.46. The summed E-state index contributed by atoms with van der Waals surface area (Å²) >= 11 is 0. The van der Waals surface area contributed by atoms with Crippen LogP contribution in [0.5, 0.6) is 0 Å². The zero-order valence-corrected chi connectivity index (χ0v) is 12.8. The number of hydrogen-bond donors (Lipinski definition) is 0. The minimum atomic E-state index is -0.334. The Morgan fingerprint density at radius 1 is 1.14 bits per heavy atom. The number of carbonyl (C=O) groups is 3. The minimum absolute atomic E-state index is 0.0498. The van der Waals surface area contributed by atoms with E-state index in [-0.39, 0.29) is 36.3 Å². The maximum Gasteiger partial charge on any atom is 0.325 e. The van der Waals surface area contributed by atoms with Gasteiger partial charge in [0.15, 0.2) is 0 Å². The van der Waals surface area contributed by atoms with Gasteiger partial charge in [-0.25, -0.2) is 0 Å². The fraction of sp³-hybridized carbons (Fsp3) is 0.800. The number of nitrogens with zero attached hydrogens (tertiary/aromatic N) is 2. The largest absolute Gasteiger partial charge is 0.465 e. The standard InChI is InChI=1S/C15H24N2O4/c1-3-21-14(19)10-17(13-4-5-13)15(20)12-6-8-16(9-7-12)11(2)18/h12-13H,3-10H2,1-2H3.